The van der Waals surface area contributed by atoms with E-state index in [2.05, 4.69) is 39.2 Å². The van der Waals surface area contributed by atoms with E-state index < -0.39 is 11.9 Å². The highest BCUT2D eigenvalue weighted by Crippen LogP contribution is 2.53. The van der Waals surface area contributed by atoms with Crippen molar-refractivity contribution in [3.05, 3.63) is 96.0 Å². The number of hydrogen-bond donors (Lipinski definition) is 1. The summed E-state index contributed by atoms with van der Waals surface area (Å²) in [6.07, 6.45) is 8.24. The van der Waals surface area contributed by atoms with Crippen LogP contribution in [0, 0.1) is 5.82 Å². The summed E-state index contributed by atoms with van der Waals surface area (Å²) in [4.78, 5) is 25.6. The minimum atomic E-state index is -1.10. The SMILES string of the molecule is CN(Cc1ccc(-c2cnc3ncc(C4(c5ccc6ncccc6c5)CC4)n3c2)cc1F)C(=O)O. The van der Waals surface area contributed by atoms with Gasteiger partial charge in [-0.1, -0.05) is 24.3 Å². The van der Waals surface area contributed by atoms with E-state index in [0.29, 0.717) is 16.9 Å². The highest BCUT2D eigenvalue weighted by molar-refractivity contribution is 5.79. The number of carbonyl (C=O) groups is 1. The van der Waals surface area contributed by atoms with Crippen LogP contribution in [-0.4, -0.2) is 42.5 Å². The molecule has 0 saturated heterocycles. The number of imidazole rings is 1. The molecule has 3 aromatic heterocycles. The Kier molecular flexibility index (Phi) is 4.77. The smallest absolute Gasteiger partial charge is 0.407 e. The largest absolute Gasteiger partial charge is 0.465 e. The van der Waals surface area contributed by atoms with Crippen molar-refractivity contribution < 1.29 is 14.3 Å². The van der Waals surface area contributed by atoms with Crippen LogP contribution in [0.25, 0.3) is 27.8 Å². The molecular weight excluding hydrogens is 445 g/mol. The molecule has 2 aromatic carbocycles. The number of rotatable bonds is 5. The van der Waals surface area contributed by atoms with Crippen LogP contribution in [0.5, 0.6) is 0 Å². The van der Waals surface area contributed by atoms with Crippen molar-refractivity contribution in [1.82, 2.24) is 24.3 Å². The van der Waals surface area contributed by atoms with Gasteiger partial charge in [0.1, 0.15) is 5.82 Å². The molecule has 1 fully saturated rings. The molecule has 174 valence electrons. The van der Waals surface area contributed by atoms with Gasteiger partial charge in [-0.25, -0.2) is 19.2 Å². The van der Waals surface area contributed by atoms with Crippen LogP contribution in [0.15, 0.2) is 73.3 Å². The number of amides is 1. The second-order valence-electron chi connectivity index (χ2n) is 9.09. The molecule has 0 spiro atoms. The Balaban J connectivity index is 1.38. The van der Waals surface area contributed by atoms with Crippen LogP contribution in [0.3, 0.4) is 0 Å². The Labute approximate surface area is 200 Å². The topological polar surface area (TPSA) is 83.6 Å². The van der Waals surface area contributed by atoms with Crippen molar-refractivity contribution in [1.29, 1.82) is 0 Å². The number of aromatic nitrogens is 4. The maximum Gasteiger partial charge on any atom is 0.407 e. The van der Waals surface area contributed by atoms with Gasteiger partial charge in [-0.05, 0) is 48.2 Å². The number of pyridine rings is 1. The molecule has 6 rings (SSSR count). The van der Waals surface area contributed by atoms with Gasteiger partial charge >= 0.3 is 6.09 Å². The van der Waals surface area contributed by atoms with Gasteiger partial charge in [0.15, 0.2) is 0 Å². The summed E-state index contributed by atoms with van der Waals surface area (Å²) in [6, 6.07) is 15.3. The molecule has 1 N–H and O–H groups in total. The van der Waals surface area contributed by atoms with Crippen molar-refractivity contribution in [2.45, 2.75) is 24.8 Å². The standard InChI is InChI=1S/C27H22FN5O2/c1-32(26(34)35)15-19-5-4-17(12-22(19)28)20-13-30-25-31-14-24(33(25)16-20)27(8-9-27)21-6-7-23-18(11-21)3-2-10-29-23/h2-7,10-14,16H,8-9,15H2,1H3,(H,34,35). The van der Waals surface area contributed by atoms with E-state index in [-0.39, 0.29) is 12.0 Å². The molecule has 1 saturated carbocycles. The fourth-order valence-corrected chi connectivity index (χ4v) is 4.75. The molecule has 0 atom stereocenters. The first kappa shape index (κ1) is 21.2. The average Bonchev–Trinajstić information content (AvgIpc) is 3.56. The first-order valence-electron chi connectivity index (χ1n) is 11.4. The molecule has 7 nitrogen and oxygen atoms in total. The quantitative estimate of drug-likeness (QED) is 0.381. The molecule has 35 heavy (non-hydrogen) atoms. The lowest BCUT2D eigenvalue weighted by atomic mass is 9.91. The number of carboxylic acid groups (broad SMARTS) is 1. The Morgan fingerprint density at radius 1 is 1.09 bits per heavy atom. The first-order chi connectivity index (χ1) is 16.9. The van der Waals surface area contributed by atoms with Crippen molar-refractivity contribution in [3.8, 4) is 11.1 Å². The second-order valence-corrected chi connectivity index (χ2v) is 9.09. The molecule has 1 amide bonds. The Morgan fingerprint density at radius 2 is 1.91 bits per heavy atom. The predicted octanol–water partition coefficient (Wildman–Crippen LogP) is 5.27. The zero-order valence-corrected chi connectivity index (χ0v) is 19.0. The average molecular weight is 468 g/mol. The van der Waals surface area contributed by atoms with E-state index in [1.54, 1.807) is 24.5 Å². The lowest BCUT2D eigenvalue weighted by molar-refractivity contribution is 0.153. The predicted molar refractivity (Wildman–Crippen MR) is 130 cm³/mol. The van der Waals surface area contributed by atoms with Crippen molar-refractivity contribution >= 4 is 22.8 Å². The van der Waals surface area contributed by atoms with E-state index in [0.717, 1.165) is 39.9 Å². The summed E-state index contributed by atoms with van der Waals surface area (Å²) in [5, 5.41) is 10.2. The molecule has 0 bridgehead atoms. The van der Waals surface area contributed by atoms with Gasteiger partial charge in [0.2, 0.25) is 5.78 Å². The summed E-state index contributed by atoms with van der Waals surface area (Å²) in [5.74, 6) is 0.141. The normalized spacial score (nSPS) is 14.3. The van der Waals surface area contributed by atoms with E-state index in [9.17, 15) is 9.18 Å². The fourth-order valence-electron chi connectivity index (χ4n) is 4.75. The Hall–Kier alpha value is -4.33. The number of halogens is 1. The van der Waals surface area contributed by atoms with Gasteiger partial charge in [0.25, 0.3) is 0 Å². The highest BCUT2D eigenvalue weighted by Gasteiger charge is 2.48. The number of nitrogens with zero attached hydrogens (tertiary/aromatic N) is 5. The molecule has 3 heterocycles. The van der Waals surface area contributed by atoms with Gasteiger partial charge in [-0.3, -0.25) is 9.38 Å². The van der Waals surface area contributed by atoms with Crippen LogP contribution < -0.4 is 0 Å². The maximum absolute atomic E-state index is 14.8. The molecule has 0 unspecified atom stereocenters. The molecule has 0 aliphatic heterocycles. The zero-order chi connectivity index (χ0) is 24.2. The first-order valence-corrected chi connectivity index (χ1v) is 11.4. The monoisotopic (exact) mass is 467 g/mol. The molecular formula is C27H22FN5O2. The van der Waals surface area contributed by atoms with Crippen molar-refractivity contribution in [3.63, 3.8) is 0 Å². The zero-order valence-electron chi connectivity index (χ0n) is 19.0. The van der Waals surface area contributed by atoms with Gasteiger partial charge in [0, 0.05) is 47.6 Å². The third-order valence-corrected chi connectivity index (χ3v) is 6.88. The van der Waals surface area contributed by atoms with Crippen molar-refractivity contribution in [2.75, 3.05) is 7.05 Å². The van der Waals surface area contributed by atoms with Crippen molar-refractivity contribution in [2.24, 2.45) is 0 Å². The molecule has 0 radical (unpaired) electrons. The molecule has 8 heteroatoms. The Bertz CT molecular complexity index is 1610. The van der Waals surface area contributed by atoms with E-state index in [1.165, 1.54) is 18.7 Å². The maximum atomic E-state index is 14.8. The third-order valence-electron chi connectivity index (χ3n) is 6.88. The number of benzene rings is 2. The van der Waals surface area contributed by atoms with Crippen LogP contribution in [0.4, 0.5) is 9.18 Å². The summed E-state index contributed by atoms with van der Waals surface area (Å²) in [5.41, 5.74) is 4.86. The van der Waals surface area contributed by atoms with Gasteiger partial charge in [-0.15, -0.1) is 0 Å². The number of fused-ring (bicyclic) bond motifs is 2. The van der Waals surface area contributed by atoms with E-state index in [4.69, 9.17) is 5.11 Å². The summed E-state index contributed by atoms with van der Waals surface area (Å²) in [7, 11) is 1.41. The van der Waals surface area contributed by atoms with Crippen LogP contribution >= 0.6 is 0 Å². The van der Waals surface area contributed by atoms with Gasteiger partial charge < -0.3 is 10.0 Å². The Morgan fingerprint density at radius 3 is 2.69 bits per heavy atom. The minimum absolute atomic E-state index is 0.0196. The fraction of sp³-hybridized carbons (Fsp3) is 0.185. The second kappa shape index (κ2) is 7.87. The third kappa shape index (κ3) is 3.58. The molecule has 5 aromatic rings. The summed E-state index contributed by atoms with van der Waals surface area (Å²) >= 11 is 0. The molecule has 1 aliphatic carbocycles. The van der Waals surface area contributed by atoms with E-state index in [1.807, 2.05) is 22.9 Å². The summed E-state index contributed by atoms with van der Waals surface area (Å²) in [6.45, 7) is -0.0196. The minimum Gasteiger partial charge on any atom is -0.465 e. The molecule has 1 aliphatic rings. The van der Waals surface area contributed by atoms with E-state index >= 15 is 0 Å². The van der Waals surface area contributed by atoms with Gasteiger partial charge in [0.05, 0.1) is 24.0 Å². The highest BCUT2D eigenvalue weighted by atomic mass is 19.1. The van der Waals surface area contributed by atoms with Crippen LogP contribution in [0.1, 0.15) is 29.7 Å². The van der Waals surface area contributed by atoms with Gasteiger partial charge in [-0.2, -0.15) is 0 Å². The lowest BCUT2D eigenvalue weighted by Gasteiger charge is -2.17. The number of hydrogen-bond acceptors (Lipinski definition) is 4. The van der Waals surface area contributed by atoms with Crippen LogP contribution in [0.2, 0.25) is 0 Å². The summed E-state index contributed by atoms with van der Waals surface area (Å²) < 4.78 is 16.8. The lowest BCUT2D eigenvalue weighted by Crippen LogP contribution is -2.24. The van der Waals surface area contributed by atoms with Crippen LogP contribution in [-0.2, 0) is 12.0 Å².